The molecular weight excluding hydrogens is 599 g/mol. The SMILES string of the molecule is COOC(OC)(C(=O)c1cccc(CCC#N)c1)c1ccccc1.Nc1ccn([C@H]2C[C@H](O)[C@@H](COP(=O)(O)O)O2)c(=O)n1. The summed E-state index contributed by atoms with van der Waals surface area (Å²) < 4.78 is 26.8. The number of benzene rings is 2. The lowest BCUT2D eigenvalue weighted by Crippen LogP contribution is -2.40. The minimum Gasteiger partial charge on any atom is -0.390 e. The van der Waals surface area contributed by atoms with Gasteiger partial charge < -0.3 is 30.1 Å². The number of rotatable bonds is 12. The third-order valence-electron chi connectivity index (χ3n) is 6.43. The highest BCUT2D eigenvalue weighted by Crippen LogP contribution is 2.38. The number of aryl methyl sites for hydroxylation is 1. The largest absolute Gasteiger partial charge is 0.469 e. The fraction of sp³-hybridized carbons (Fsp3) is 0.357. The smallest absolute Gasteiger partial charge is 0.390 e. The van der Waals surface area contributed by atoms with Crippen molar-refractivity contribution >= 4 is 19.4 Å². The number of nitrogen functional groups attached to an aromatic ring is 1. The first-order chi connectivity index (χ1) is 20.9. The van der Waals surface area contributed by atoms with E-state index in [9.17, 15) is 19.3 Å². The van der Waals surface area contributed by atoms with Crippen LogP contribution < -0.4 is 11.4 Å². The quantitative estimate of drug-likeness (QED) is 0.0737. The maximum atomic E-state index is 13.1. The van der Waals surface area contributed by atoms with Crippen LogP contribution in [0.3, 0.4) is 0 Å². The molecule has 0 spiro atoms. The van der Waals surface area contributed by atoms with Crippen molar-refractivity contribution in [1.82, 2.24) is 9.55 Å². The van der Waals surface area contributed by atoms with Gasteiger partial charge in [-0.2, -0.15) is 15.1 Å². The number of ketones is 1. The number of carbonyl (C=O) groups excluding carboxylic acids is 1. The van der Waals surface area contributed by atoms with Gasteiger partial charge in [0.2, 0.25) is 5.78 Å². The number of hydrogen-bond acceptors (Lipinski definition) is 12. The van der Waals surface area contributed by atoms with Gasteiger partial charge in [-0.05, 0) is 24.1 Å². The number of nitriles is 1. The molecule has 1 unspecified atom stereocenters. The Bertz CT molecular complexity index is 1540. The van der Waals surface area contributed by atoms with Gasteiger partial charge in [0.25, 0.3) is 5.79 Å². The van der Waals surface area contributed by atoms with Gasteiger partial charge in [0.15, 0.2) is 0 Å². The Hall–Kier alpha value is -3.81. The molecule has 44 heavy (non-hydrogen) atoms. The first kappa shape index (κ1) is 34.7. The van der Waals surface area contributed by atoms with Gasteiger partial charge in [0, 0.05) is 37.3 Å². The molecule has 1 saturated heterocycles. The van der Waals surface area contributed by atoms with Crippen molar-refractivity contribution in [2.75, 3.05) is 26.6 Å². The van der Waals surface area contributed by atoms with Gasteiger partial charge in [-0.3, -0.25) is 13.9 Å². The zero-order valence-electron chi connectivity index (χ0n) is 23.9. The van der Waals surface area contributed by atoms with E-state index in [4.69, 9.17) is 40.0 Å². The van der Waals surface area contributed by atoms with Crippen LogP contribution in [-0.4, -0.2) is 63.3 Å². The number of aromatic nitrogens is 2. The molecule has 0 aliphatic carbocycles. The number of aliphatic hydroxyl groups is 1. The number of aliphatic hydroxyl groups excluding tert-OH is 1. The Labute approximate surface area is 252 Å². The van der Waals surface area contributed by atoms with E-state index in [0.717, 1.165) is 10.1 Å². The summed E-state index contributed by atoms with van der Waals surface area (Å²) in [4.78, 5) is 55.5. The van der Waals surface area contributed by atoms with Gasteiger partial charge in [-0.15, -0.1) is 0 Å². The molecule has 4 rings (SSSR count). The molecule has 0 saturated carbocycles. The summed E-state index contributed by atoms with van der Waals surface area (Å²) in [5.74, 6) is -2.01. The minimum absolute atomic E-state index is 0.0613. The second kappa shape index (κ2) is 15.8. The van der Waals surface area contributed by atoms with Crippen molar-refractivity contribution in [2.45, 2.75) is 43.5 Å². The lowest BCUT2D eigenvalue weighted by molar-refractivity contribution is -0.397. The lowest BCUT2D eigenvalue weighted by Gasteiger charge is -2.29. The fourth-order valence-electron chi connectivity index (χ4n) is 4.35. The number of Topliss-reactive ketones (excluding diaryl/α,β-unsaturated/α-hetero) is 1. The molecule has 3 aromatic rings. The molecule has 1 aliphatic rings. The van der Waals surface area contributed by atoms with Crippen molar-refractivity contribution in [3.63, 3.8) is 0 Å². The van der Waals surface area contributed by atoms with E-state index in [0.29, 0.717) is 24.0 Å². The normalized spacial score (nSPS) is 19.3. The van der Waals surface area contributed by atoms with Gasteiger partial charge >= 0.3 is 13.5 Å². The summed E-state index contributed by atoms with van der Waals surface area (Å²) in [7, 11) is -1.92. The van der Waals surface area contributed by atoms with Gasteiger partial charge in [0.1, 0.15) is 18.1 Å². The van der Waals surface area contributed by atoms with E-state index >= 15 is 0 Å². The highest BCUT2D eigenvalue weighted by molar-refractivity contribution is 7.46. The molecule has 236 valence electrons. The number of hydrogen-bond donors (Lipinski definition) is 4. The van der Waals surface area contributed by atoms with Crippen molar-refractivity contribution < 1.29 is 48.0 Å². The van der Waals surface area contributed by atoms with Crippen LogP contribution in [0.15, 0.2) is 71.7 Å². The number of carbonyl (C=O) groups is 1. The van der Waals surface area contributed by atoms with Crippen LogP contribution in [0.25, 0.3) is 0 Å². The first-order valence-electron chi connectivity index (χ1n) is 13.2. The van der Waals surface area contributed by atoms with E-state index in [1.54, 1.807) is 42.5 Å². The Kier molecular flexibility index (Phi) is 12.4. The molecule has 4 atom stereocenters. The predicted molar refractivity (Wildman–Crippen MR) is 153 cm³/mol. The highest BCUT2D eigenvalue weighted by Gasteiger charge is 2.44. The monoisotopic (exact) mass is 632 g/mol. The first-order valence-corrected chi connectivity index (χ1v) is 14.7. The molecule has 0 radical (unpaired) electrons. The zero-order chi connectivity index (χ0) is 32.3. The molecular formula is C28H33N4O11P. The summed E-state index contributed by atoms with van der Waals surface area (Å²) in [5.41, 5.74) is 6.57. The molecule has 2 heterocycles. The van der Waals surface area contributed by atoms with Gasteiger partial charge in [0.05, 0.1) is 25.9 Å². The topological polar surface area (TPSA) is 226 Å². The van der Waals surface area contributed by atoms with E-state index in [2.05, 4.69) is 15.6 Å². The molecule has 0 bridgehead atoms. The van der Waals surface area contributed by atoms with E-state index in [-0.39, 0.29) is 18.0 Å². The summed E-state index contributed by atoms with van der Waals surface area (Å²) >= 11 is 0. The van der Waals surface area contributed by atoms with Crippen molar-refractivity contribution in [2.24, 2.45) is 0 Å². The van der Waals surface area contributed by atoms with Crippen molar-refractivity contribution in [3.05, 3.63) is 94.0 Å². The fourth-order valence-corrected chi connectivity index (χ4v) is 4.69. The standard InChI is InChI=1S/C19H19NO4.C9H14N3O7P/c1-22-19(24-23-2,17-11-4-3-5-12-17)18(21)16-10-6-8-15(14-16)9-7-13-20;10-7-1-2-12(9(14)11-7)8-3-5(13)6(19-8)4-18-20(15,16)17/h3-6,8,10-12,14H,7,9H2,1-2H3;1-2,5-6,8,13H,3-4H2,(H2,10,11,14)(H2,15,16,17)/t;5-,6+,8+/m.0/s1. The van der Waals surface area contributed by atoms with Crippen LogP contribution >= 0.6 is 7.82 Å². The summed E-state index contributed by atoms with van der Waals surface area (Å²) in [6, 6.07) is 19.5. The molecule has 15 nitrogen and oxygen atoms in total. The van der Waals surface area contributed by atoms with Gasteiger partial charge in [-0.25, -0.2) is 14.2 Å². The average molecular weight is 633 g/mol. The van der Waals surface area contributed by atoms with Crippen molar-refractivity contribution in [1.29, 1.82) is 5.26 Å². The van der Waals surface area contributed by atoms with Crippen LogP contribution in [0.1, 0.15) is 40.6 Å². The van der Waals surface area contributed by atoms with E-state index in [1.807, 2.05) is 12.1 Å². The molecule has 16 heteroatoms. The number of phosphoric ester groups is 1. The molecule has 1 fully saturated rings. The maximum absolute atomic E-state index is 13.1. The van der Waals surface area contributed by atoms with Crippen LogP contribution in [0, 0.1) is 11.3 Å². The van der Waals surface area contributed by atoms with Crippen LogP contribution in [0.5, 0.6) is 0 Å². The number of ether oxygens (including phenoxy) is 2. The maximum Gasteiger partial charge on any atom is 0.469 e. The third-order valence-corrected chi connectivity index (χ3v) is 6.91. The number of phosphoric acid groups is 1. The van der Waals surface area contributed by atoms with Crippen LogP contribution in [0.2, 0.25) is 0 Å². The van der Waals surface area contributed by atoms with Crippen molar-refractivity contribution in [3.8, 4) is 6.07 Å². The Morgan fingerprint density at radius 3 is 2.55 bits per heavy atom. The predicted octanol–water partition coefficient (Wildman–Crippen LogP) is 1.99. The zero-order valence-corrected chi connectivity index (χ0v) is 24.8. The van der Waals surface area contributed by atoms with E-state index in [1.165, 1.54) is 26.5 Å². The average Bonchev–Trinajstić information content (AvgIpc) is 3.38. The third kappa shape index (κ3) is 9.10. The molecule has 1 aromatic heterocycles. The summed E-state index contributed by atoms with van der Waals surface area (Å²) in [6.45, 7) is -0.487. The number of methoxy groups -OCH3 is 1. The van der Waals surface area contributed by atoms with Gasteiger partial charge in [-0.1, -0.05) is 48.5 Å². The Balaban J connectivity index is 0.000000244. The lowest BCUT2D eigenvalue weighted by atomic mass is 9.94. The minimum atomic E-state index is -4.64. The van der Waals surface area contributed by atoms with E-state index < -0.39 is 44.3 Å². The second-order valence-electron chi connectivity index (χ2n) is 9.39. The molecule has 2 aromatic carbocycles. The molecule has 1 aliphatic heterocycles. The highest BCUT2D eigenvalue weighted by atomic mass is 31.2. The Morgan fingerprint density at radius 2 is 1.93 bits per heavy atom. The van der Waals surface area contributed by atoms with Crippen LogP contribution in [-0.2, 0) is 40.5 Å². The summed E-state index contributed by atoms with van der Waals surface area (Å²) in [5, 5.41) is 18.5. The molecule has 5 N–H and O–H groups in total. The number of nitrogens with zero attached hydrogens (tertiary/aromatic N) is 3. The van der Waals surface area contributed by atoms with Crippen LogP contribution in [0.4, 0.5) is 5.82 Å². The number of anilines is 1. The Morgan fingerprint density at radius 1 is 1.20 bits per heavy atom. The number of nitrogens with two attached hydrogens (primary N) is 1. The second-order valence-corrected chi connectivity index (χ2v) is 10.6. The summed E-state index contributed by atoms with van der Waals surface area (Å²) in [6.07, 6.45) is -0.354. The molecule has 0 amide bonds.